The number of halogens is 1. The van der Waals surface area contributed by atoms with E-state index >= 15 is 0 Å². The van der Waals surface area contributed by atoms with Crippen LogP contribution in [0.5, 0.6) is 0 Å². The summed E-state index contributed by atoms with van der Waals surface area (Å²) in [4.78, 5) is 13.7. The van der Waals surface area contributed by atoms with Gasteiger partial charge in [-0.2, -0.15) is 0 Å². The monoisotopic (exact) mass is 368 g/mol. The van der Waals surface area contributed by atoms with E-state index in [1.54, 1.807) is 18.5 Å². The third kappa shape index (κ3) is 3.57. The first-order valence-corrected chi connectivity index (χ1v) is 9.20. The highest BCUT2D eigenvalue weighted by atomic mass is 35.5. The van der Waals surface area contributed by atoms with E-state index in [1.807, 2.05) is 18.2 Å². The van der Waals surface area contributed by atoms with Gasteiger partial charge in [-0.3, -0.25) is 4.98 Å². The van der Waals surface area contributed by atoms with E-state index in [2.05, 4.69) is 20.6 Å². The summed E-state index contributed by atoms with van der Waals surface area (Å²) in [5.74, 6) is 1.34. The number of hydrogen-bond acceptors (Lipinski definition) is 6. The summed E-state index contributed by atoms with van der Waals surface area (Å²) in [5.41, 5.74) is 9.66. The van der Waals surface area contributed by atoms with Gasteiger partial charge in [0.15, 0.2) is 5.82 Å². The van der Waals surface area contributed by atoms with Crippen molar-refractivity contribution < 1.29 is 0 Å². The fraction of sp³-hybridized carbons (Fsp3) is 0.316. The smallest absolute Gasteiger partial charge is 0.154 e. The Kier molecular flexibility index (Phi) is 4.86. The number of fused-ring (bicyclic) bond motifs is 1. The standard InChI is InChI=1S/C19H21ClN6/c20-14-8-13(3-4-15(14)21)16-9-17-18(24-7-6-23-17)19(26-16)25-11-12-2-1-5-22-10-12/h3-4,6-9,12,22H,1-2,5,10-11,21H2,(H,25,26)/t12-/m0/s1. The first kappa shape index (κ1) is 17.0. The van der Waals surface area contributed by atoms with Gasteiger partial charge in [-0.05, 0) is 50.0 Å². The van der Waals surface area contributed by atoms with Crippen molar-refractivity contribution in [2.24, 2.45) is 5.92 Å². The predicted molar refractivity (Wildman–Crippen MR) is 106 cm³/mol. The Morgan fingerprint density at radius 3 is 2.92 bits per heavy atom. The fourth-order valence-corrected chi connectivity index (χ4v) is 3.45. The number of pyridine rings is 1. The van der Waals surface area contributed by atoms with Crippen molar-refractivity contribution in [3.8, 4) is 11.3 Å². The first-order chi connectivity index (χ1) is 12.7. The molecule has 3 aromatic rings. The summed E-state index contributed by atoms with van der Waals surface area (Å²) < 4.78 is 0. The van der Waals surface area contributed by atoms with Gasteiger partial charge in [0.05, 0.1) is 21.9 Å². The molecule has 4 N–H and O–H groups in total. The number of benzene rings is 1. The number of nitrogen functional groups attached to an aromatic ring is 1. The molecular formula is C19H21ClN6. The van der Waals surface area contributed by atoms with E-state index in [0.29, 0.717) is 16.6 Å². The second-order valence-electron chi connectivity index (χ2n) is 6.61. The highest BCUT2D eigenvalue weighted by Gasteiger charge is 2.15. The first-order valence-electron chi connectivity index (χ1n) is 8.82. The quantitative estimate of drug-likeness (QED) is 0.612. The molecule has 26 heavy (non-hydrogen) atoms. The van der Waals surface area contributed by atoms with Gasteiger partial charge in [-0.25, -0.2) is 9.97 Å². The number of rotatable bonds is 4. The van der Waals surface area contributed by atoms with Gasteiger partial charge in [0.2, 0.25) is 0 Å². The molecule has 1 atom stereocenters. The van der Waals surface area contributed by atoms with Crippen LogP contribution >= 0.6 is 11.6 Å². The molecule has 0 bridgehead atoms. The van der Waals surface area contributed by atoms with Gasteiger partial charge >= 0.3 is 0 Å². The van der Waals surface area contributed by atoms with Gasteiger partial charge in [0, 0.05) is 24.5 Å². The van der Waals surface area contributed by atoms with Gasteiger partial charge in [-0.15, -0.1) is 0 Å². The maximum atomic E-state index is 6.18. The van der Waals surface area contributed by atoms with E-state index in [4.69, 9.17) is 22.3 Å². The van der Waals surface area contributed by atoms with Crippen molar-refractivity contribution in [3.05, 3.63) is 41.7 Å². The van der Waals surface area contributed by atoms with E-state index < -0.39 is 0 Å². The van der Waals surface area contributed by atoms with E-state index in [9.17, 15) is 0 Å². The molecule has 1 aliphatic rings. The zero-order valence-electron chi connectivity index (χ0n) is 14.4. The molecule has 1 fully saturated rings. The second-order valence-corrected chi connectivity index (χ2v) is 7.02. The molecule has 6 nitrogen and oxygen atoms in total. The normalized spacial score (nSPS) is 17.3. The Bertz CT molecular complexity index is 923. The van der Waals surface area contributed by atoms with Crippen molar-refractivity contribution >= 4 is 34.1 Å². The summed E-state index contributed by atoms with van der Waals surface area (Å²) in [6.45, 7) is 3.00. The van der Waals surface area contributed by atoms with Crippen LogP contribution in [-0.4, -0.2) is 34.6 Å². The molecule has 0 amide bonds. The predicted octanol–water partition coefficient (Wildman–Crippen LogP) is 3.34. The van der Waals surface area contributed by atoms with Crippen LogP contribution in [0.1, 0.15) is 12.8 Å². The molecule has 2 aromatic heterocycles. The van der Waals surface area contributed by atoms with E-state index in [-0.39, 0.29) is 0 Å². The molecule has 1 saturated heterocycles. The Labute approximate surface area is 157 Å². The fourth-order valence-electron chi connectivity index (χ4n) is 3.27. The Morgan fingerprint density at radius 2 is 2.12 bits per heavy atom. The Morgan fingerprint density at radius 1 is 1.23 bits per heavy atom. The Balaban J connectivity index is 1.69. The van der Waals surface area contributed by atoms with Crippen LogP contribution in [0.2, 0.25) is 5.02 Å². The van der Waals surface area contributed by atoms with Crippen molar-refractivity contribution in [3.63, 3.8) is 0 Å². The lowest BCUT2D eigenvalue weighted by Gasteiger charge is -2.23. The topological polar surface area (TPSA) is 88.8 Å². The van der Waals surface area contributed by atoms with Crippen LogP contribution in [0.15, 0.2) is 36.7 Å². The molecule has 1 aromatic carbocycles. The maximum absolute atomic E-state index is 6.18. The summed E-state index contributed by atoms with van der Waals surface area (Å²) in [6.07, 6.45) is 5.81. The van der Waals surface area contributed by atoms with Crippen molar-refractivity contribution in [2.45, 2.75) is 12.8 Å². The lowest BCUT2D eigenvalue weighted by molar-refractivity contribution is 0.392. The molecule has 1 aliphatic heterocycles. The molecule has 0 unspecified atom stereocenters. The number of nitrogens with one attached hydrogen (secondary N) is 2. The van der Waals surface area contributed by atoms with E-state index in [0.717, 1.165) is 47.7 Å². The number of piperidine rings is 1. The zero-order valence-corrected chi connectivity index (χ0v) is 15.1. The van der Waals surface area contributed by atoms with Crippen LogP contribution < -0.4 is 16.4 Å². The van der Waals surface area contributed by atoms with Gasteiger partial charge in [0.1, 0.15) is 5.52 Å². The molecule has 4 rings (SSSR count). The minimum atomic E-state index is 0.520. The highest BCUT2D eigenvalue weighted by molar-refractivity contribution is 6.33. The number of aromatic nitrogens is 3. The van der Waals surface area contributed by atoms with Crippen LogP contribution in [0.4, 0.5) is 11.5 Å². The lowest BCUT2D eigenvalue weighted by Crippen LogP contribution is -2.33. The molecule has 7 heteroatoms. The molecule has 0 saturated carbocycles. The number of nitrogens with two attached hydrogens (primary N) is 1. The van der Waals surface area contributed by atoms with Gasteiger partial charge in [-0.1, -0.05) is 17.7 Å². The van der Waals surface area contributed by atoms with Gasteiger partial charge < -0.3 is 16.4 Å². The molecule has 0 radical (unpaired) electrons. The molecule has 0 aliphatic carbocycles. The van der Waals surface area contributed by atoms with Crippen molar-refractivity contribution in [1.82, 2.24) is 20.3 Å². The highest BCUT2D eigenvalue weighted by Crippen LogP contribution is 2.29. The minimum absolute atomic E-state index is 0.520. The van der Waals surface area contributed by atoms with E-state index in [1.165, 1.54) is 12.8 Å². The van der Waals surface area contributed by atoms with Crippen LogP contribution in [0.3, 0.4) is 0 Å². The summed E-state index contributed by atoms with van der Waals surface area (Å²) >= 11 is 6.18. The van der Waals surface area contributed by atoms with Crippen molar-refractivity contribution in [1.29, 1.82) is 0 Å². The summed E-state index contributed by atoms with van der Waals surface area (Å²) in [6, 6.07) is 7.47. The molecule has 3 heterocycles. The third-order valence-electron chi connectivity index (χ3n) is 4.71. The second kappa shape index (κ2) is 7.43. The van der Waals surface area contributed by atoms with Crippen LogP contribution in [0, 0.1) is 5.92 Å². The van der Waals surface area contributed by atoms with Gasteiger partial charge in [0.25, 0.3) is 0 Å². The molecule has 0 spiro atoms. The molecule has 134 valence electrons. The molecular weight excluding hydrogens is 348 g/mol. The average Bonchev–Trinajstić information content (AvgIpc) is 2.69. The summed E-state index contributed by atoms with van der Waals surface area (Å²) in [7, 11) is 0. The number of anilines is 2. The lowest BCUT2D eigenvalue weighted by atomic mass is 10.00. The largest absolute Gasteiger partial charge is 0.398 e. The third-order valence-corrected chi connectivity index (χ3v) is 5.04. The Hall–Kier alpha value is -2.44. The SMILES string of the molecule is Nc1ccc(-c2cc3nccnc3c(NC[C@H]3CCCNC3)n2)cc1Cl. The average molecular weight is 369 g/mol. The zero-order chi connectivity index (χ0) is 17.9. The maximum Gasteiger partial charge on any atom is 0.154 e. The van der Waals surface area contributed by atoms with Crippen LogP contribution in [0.25, 0.3) is 22.3 Å². The van der Waals surface area contributed by atoms with Crippen molar-refractivity contribution in [2.75, 3.05) is 30.7 Å². The van der Waals surface area contributed by atoms with Crippen LogP contribution in [-0.2, 0) is 0 Å². The summed E-state index contributed by atoms with van der Waals surface area (Å²) in [5, 5.41) is 7.44. The number of hydrogen-bond donors (Lipinski definition) is 3. The number of nitrogens with zero attached hydrogens (tertiary/aromatic N) is 3. The minimum Gasteiger partial charge on any atom is -0.398 e.